The summed E-state index contributed by atoms with van der Waals surface area (Å²) in [6, 6.07) is 5.15. The molecule has 1 saturated heterocycles. The number of amides is 1. The molecule has 0 aromatic heterocycles. The summed E-state index contributed by atoms with van der Waals surface area (Å²) in [4.78, 5) is 13.2. The lowest BCUT2D eigenvalue weighted by molar-refractivity contribution is -0.132. The van der Waals surface area contributed by atoms with Crippen LogP contribution in [0.1, 0.15) is 5.56 Å². The molecule has 6 heteroatoms. The largest absolute Gasteiger partial charge is 0.484 e. The number of aliphatic hydroxyl groups is 2. The second kappa shape index (κ2) is 5.77. The van der Waals surface area contributed by atoms with Crippen molar-refractivity contribution in [2.75, 3.05) is 19.7 Å². The van der Waals surface area contributed by atoms with Gasteiger partial charge in [0, 0.05) is 18.1 Å². The molecule has 19 heavy (non-hydrogen) atoms. The third-order valence-electron chi connectivity index (χ3n) is 3.10. The van der Waals surface area contributed by atoms with Crippen LogP contribution in [0.2, 0.25) is 5.02 Å². The van der Waals surface area contributed by atoms with E-state index in [1.54, 1.807) is 18.2 Å². The third-order valence-corrected chi connectivity index (χ3v) is 3.53. The second-order valence-corrected chi connectivity index (χ2v) is 5.04. The average molecular weight is 286 g/mol. The standard InChI is InChI=1S/C13H16ClNO4/c1-8-4-9(2-3-10(8)14)19-7-13(18)15-5-11(16)12(17)6-15/h2-4,11-12,16-17H,5-7H2,1H3. The van der Waals surface area contributed by atoms with Crippen molar-refractivity contribution in [1.82, 2.24) is 4.90 Å². The Morgan fingerprint density at radius 1 is 1.42 bits per heavy atom. The van der Waals surface area contributed by atoms with Gasteiger partial charge in [-0.05, 0) is 30.7 Å². The SMILES string of the molecule is Cc1cc(OCC(=O)N2CC(O)C(O)C2)ccc1Cl. The van der Waals surface area contributed by atoms with Gasteiger partial charge in [-0.1, -0.05) is 11.6 Å². The molecule has 1 fully saturated rings. The van der Waals surface area contributed by atoms with E-state index in [1.165, 1.54) is 4.90 Å². The number of hydrogen-bond acceptors (Lipinski definition) is 4. The quantitative estimate of drug-likeness (QED) is 0.853. The Balaban J connectivity index is 1.88. The lowest BCUT2D eigenvalue weighted by atomic mass is 10.2. The third kappa shape index (κ3) is 3.37. The number of halogens is 1. The van der Waals surface area contributed by atoms with Crippen LogP contribution in [0.4, 0.5) is 0 Å². The number of aliphatic hydroxyl groups excluding tert-OH is 2. The maximum Gasteiger partial charge on any atom is 0.260 e. The molecular weight excluding hydrogens is 270 g/mol. The second-order valence-electron chi connectivity index (χ2n) is 4.63. The molecule has 0 saturated carbocycles. The molecule has 0 spiro atoms. The molecule has 0 aliphatic carbocycles. The van der Waals surface area contributed by atoms with Crippen molar-refractivity contribution >= 4 is 17.5 Å². The number of β-amino-alcohol motifs (C(OH)–C–C–N with tert-alkyl or cyclic N) is 2. The highest BCUT2D eigenvalue weighted by Crippen LogP contribution is 2.21. The summed E-state index contributed by atoms with van der Waals surface area (Å²) in [5.41, 5.74) is 0.874. The number of benzene rings is 1. The highest BCUT2D eigenvalue weighted by Gasteiger charge is 2.32. The van der Waals surface area contributed by atoms with Gasteiger partial charge in [0.2, 0.25) is 0 Å². The summed E-state index contributed by atoms with van der Waals surface area (Å²) in [5.74, 6) is 0.304. The van der Waals surface area contributed by atoms with E-state index >= 15 is 0 Å². The number of nitrogens with zero attached hydrogens (tertiary/aromatic N) is 1. The summed E-state index contributed by atoms with van der Waals surface area (Å²) in [6.45, 7) is 2.01. The maximum atomic E-state index is 11.8. The van der Waals surface area contributed by atoms with Gasteiger partial charge in [0.15, 0.2) is 6.61 Å². The van der Waals surface area contributed by atoms with Crippen molar-refractivity contribution in [2.45, 2.75) is 19.1 Å². The average Bonchev–Trinajstić information content (AvgIpc) is 2.71. The molecule has 2 atom stereocenters. The van der Waals surface area contributed by atoms with E-state index in [4.69, 9.17) is 16.3 Å². The van der Waals surface area contributed by atoms with Crippen LogP contribution in [-0.4, -0.2) is 52.9 Å². The maximum absolute atomic E-state index is 11.8. The van der Waals surface area contributed by atoms with E-state index in [-0.39, 0.29) is 25.6 Å². The Labute approximate surface area is 116 Å². The summed E-state index contributed by atoms with van der Waals surface area (Å²) in [5, 5.41) is 19.4. The highest BCUT2D eigenvalue weighted by atomic mass is 35.5. The number of rotatable bonds is 3. The molecular formula is C13H16ClNO4. The fraction of sp³-hybridized carbons (Fsp3) is 0.462. The molecule has 1 aromatic rings. The Morgan fingerprint density at radius 3 is 2.63 bits per heavy atom. The monoisotopic (exact) mass is 285 g/mol. The van der Waals surface area contributed by atoms with Crippen molar-refractivity contribution in [1.29, 1.82) is 0 Å². The molecule has 104 valence electrons. The van der Waals surface area contributed by atoms with Crippen LogP contribution in [0.25, 0.3) is 0 Å². The first-order chi connectivity index (χ1) is 8.97. The zero-order chi connectivity index (χ0) is 14.0. The first-order valence-electron chi connectivity index (χ1n) is 6.00. The van der Waals surface area contributed by atoms with Crippen LogP contribution in [0.3, 0.4) is 0 Å². The summed E-state index contributed by atoms with van der Waals surface area (Å²) >= 11 is 5.89. The van der Waals surface area contributed by atoms with E-state index in [1.807, 2.05) is 6.92 Å². The smallest absolute Gasteiger partial charge is 0.260 e. The predicted molar refractivity (Wildman–Crippen MR) is 70.3 cm³/mol. The van der Waals surface area contributed by atoms with Crippen LogP contribution in [-0.2, 0) is 4.79 Å². The molecule has 0 bridgehead atoms. The summed E-state index contributed by atoms with van der Waals surface area (Å²) in [6.07, 6.45) is -1.75. The summed E-state index contributed by atoms with van der Waals surface area (Å²) < 4.78 is 5.37. The highest BCUT2D eigenvalue weighted by molar-refractivity contribution is 6.31. The van der Waals surface area contributed by atoms with Crippen LogP contribution >= 0.6 is 11.6 Å². The van der Waals surface area contributed by atoms with Gasteiger partial charge in [0.05, 0.1) is 12.2 Å². The molecule has 2 unspecified atom stereocenters. The number of carbonyl (C=O) groups excluding carboxylic acids is 1. The topological polar surface area (TPSA) is 70.0 Å². The van der Waals surface area contributed by atoms with E-state index < -0.39 is 12.2 Å². The van der Waals surface area contributed by atoms with Crippen molar-refractivity contribution < 1.29 is 19.7 Å². The fourth-order valence-corrected chi connectivity index (χ4v) is 2.03. The van der Waals surface area contributed by atoms with E-state index in [0.29, 0.717) is 10.8 Å². The minimum atomic E-state index is -0.873. The van der Waals surface area contributed by atoms with Gasteiger partial charge in [-0.2, -0.15) is 0 Å². The number of ether oxygens (including phenoxy) is 1. The van der Waals surface area contributed by atoms with E-state index in [2.05, 4.69) is 0 Å². The number of likely N-dealkylation sites (tertiary alicyclic amines) is 1. The zero-order valence-electron chi connectivity index (χ0n) is 10.5. The van der Waals surface area contributed by atoms with Crippen molar-refractivity contribution in [2.24, 2.45) is 0 Å². The van der Waals surface area contributed by atoms with Gasteiger partial charge in [-0.15, -0.1) is 0 Å². The molecule has 1 amide bonds. The van der Waals surface area contributed by atoms with Gasteiger partial charge in [-0.25, -0.2) is 0 Å². The molecule has 2 rings (SSSR count). The lowest BCUT2D eigenvalue weighted by Gasteiger charge is -2.15. The van der Waals surface area contributed by atoms with Crippen LogP contribution in [0, 0.1) is 6.92 Å². The van der Waals surface area contributed by atoms with E-state index in [9.17, 15) is 15.0 Å². The van der Waals surface area contributed by atoms with Gasteiger partial charge < -0.3 is 19.8 Å². The van der Waals surface area contributed by atoms with Crippen LogP contribution in [0.15, 0.2) is 18.2 Å². The first-order valence-corrected chi connectivity index (χ1v) is 6.38. The Morgan fingerprint density at radius 2 is 2.05 bits per heavy atom. The molecule has 1 aliphatic rings. The molecule has 1 aromatic carbocycles. The van der Waals surface area contributed by atoms with Gasteiger partial charge in [0.25, 0.3) is 5.91 Å². The molecule has 5 nitrogen and oxygen atoms in total. The minimum absolute atomic E-state index is 0.124. The minimum Gasteiger partial charge on any atom is -0.484 e. The number of hydrogen-bond donors (Lipinski definition) is 2. The Kier molecular flexibility index (Phi) is 4.29. The zero-order valence-corrected chi connectivity index (χ0v) is 11.3. The van der Waals surface area contributed by atoms with Gasteiger partial charge in [0.1, 0.15) is 5.75 Å². The van der Waals surface area contributed by atoms with E-state index in [0.717, 1.165) is 5.56 Å². The Bertz CT molecular complexity index is 470. The van der Waals surface area contributed by atoms with Crippen molar-refractivity contribution in [3.05, 3.63) is 28.8 Å². The normalized spacial score (nSPS) is 22.6. The van der Waals surface area contributed by atoms with Crippen LogP contribution in [0.5, 0.6) is 5.75 Å². The van der Waals surface area contributed by atoms with Gasteiger partial charge >= 0.3 is 0 Å². The van der Waals surface area contributed by atoms with Crippen molar-refractivity contribution in [3.63, 3.8) is 0 Å². The van der Waals surface area contributed by atoms with Crippen molar-refractivity contribution in [3.8, 4) is 5.75 Å². The predicted octanol–water partition coefficient (Wildman–Crippen LogP) is 0.591. The summed E-state index contributed by atoms with van der Waals surface area (Å²) in [7, 11) is 0. The molecule has 1 aliphatic heterocycles. The number of carbonyl (C=O) groups is 1. The fourth-order valence-electron chi connectivity index (χ4n) is 1.92. The molecule has 2 N–H and O–H groups in total. The molecule has 1 heterocycles. The van der Waals surface area contributed by atoms with Gasteiger partial charge in [-0.3, -0.25) is 4.79 Å². The number of aryl methyl sites for hydroxylation is 1. The van der Waals surface area contributed by atoms with Crippen LogP contribution < -0.4 is 4.74 Å². The first kappa shape index (κ1) is 14.1. The Hall–Kier alpha value is -1.30. The lowest BCUT2D eigenvalue weighted by Crippen LogP contribution is -2.33. The molecule has 0 radical (unpaired) electrons.